The van der Waals surface area contributed by atoms with Crippen LogP contribution in [0.5, 0.6) is 0 Å². The normalized spacial score (nSPS) is 23.6. The zero-order valence-corrected chi connectivity index (χ0v) is 9.65. The highest BCUT2D eigenvalue weighted by Gasteiger charge is 2.32. The van der Waals surface area contributed by atoms with Gasteiger partial charge in [-0.1, -0.05) is 6.92 Å². The number of halogens is 1. The van der Waals surface area contributed by atoms with Gasteiger partial charge in [0.25, 0.3) is 0 Å². The molecular formula is C12H15FN2O2. The van der Waals surface area contributed by atoms with E-state index < -0.39 is 5.95 Å². The molecule has 0 aromatic carbocycles. The van der Waals surface area contributed by atoms with Crippen LogP contribution in [0.3, 0.4) is 0 Å². The molecule has 92 valence electrons. The van der Waals surface area contributed by atoms with Crippen LogP contribution in [-0.2, 0) is 9.53 Å². The van der Waals surface area contributed by atoms with E-state index in [2.05, 4.69) is 10.3 Å². The SMILES string of the molecule is CCC1OCCC1C(=O)Nc1ccc(F)nc1. The summed E-state index contributed by atoms with van der Waals surface area (Å²) < 4.78 is 18.1. The first-order valence-corrected chi connectivity index (χ1v) is 5.74. The van der Waals surface area contributed by atoms with E-state index in [9.17, 15) is 9.18 Å². The van der Waals surface area contributed by atoms with Crippen LogP contribution in [0.1, 0.15) is 19.8 Å². The van der Waals surface area contributed by atoms with Gasteiger partial charge >= 0.3 is 0 Å². The Morgan fingerprint density at radius 1 is 1.65 bits per heavy atom. The number of hydrogen-bond donors (Lipinski definition) is 1. The Balaban J connectivity index is 1.99. The average Bonchev–Trinajstić information content (AvgIpc) is 2.80. The van der Waals surface area contributed by atoms with Gasteiger partial charge in [0.1, 0.15) is 0 Å². The zero-order chi connectivity index (χ0) is 12.3. The summed E-state index contributed by atoms with van der Waals surface area (Å²) >= 11 is 0. The second kappa shape index (κ2) is 5.23. The van der Waals surface area contributed by atoms with Crippen molar-refractivity contribution in [2.24, 2.45) is 5.92 Å². The predicted octanol–water partition coefficient (Wildman–Crippen LogP) is 1.97. The van der Waals surface area contributed by atoms with Crippen molar-refractivity contribution in [2.75, 3.05) is 11.9 Å². The Bertz CT molecular complexity index is 394. The second-order valence-electron chi connectivity index (χ2n) is 4.07. The van der Waals surface area contributed by atoms with Gasteiger partial charge in [-0.2, -0.15) is 4.39 Å². The third kappa shape index (κ3) is 2.79. The van der Waals surface area contributed by atoms with Crippen LogP contribution >= 0.6 is 0 Å². The monoisotopic (exact) mass is 238 g/mol. The van der Waals surface area contributed by atoms with Crippen LogP contribution in [0.2, 0.25) is 0 Å². The number of ether oxygens (including phenoxy) is 1. The van der Waals surface area contributed by atoms with Crippen molar-refractivity contribution in [3.8, 4) is 0 Å². The molecule has 0 aliphatic carbocycles. The van der Waals surface area contributed by atoms with Crippen LogP contribution in [0.4, 0.5) is 10.1 Å². The number of nitrogens with one attached hydrogen (secondary N) is 1. The van der Waals surface area contributed by atoms with Crippen molar-refractivity contribution < 1.29 is 13.9 Å². The van der Waals surface area contributed by atoms with Crippen LogP contribution in [0.25, 0.3) is 0 Å². The molecule has 1 amide bonds. The minimum absolute atomic E-state index is 0.0107. The van der Waals surface area contributed by atoms with Crippen LogP contribution in [0.15, 0.2) is 18.3 Å². The molecule has 0 spiro atoms. The van der Waals surface area contributed by atoms with E-state index in [4.69, 9.17) is 4.74 Å². The zero-order valence-electron chi connectivity index (χ0n) is 9.65. The first kappa shape index (κ1) is 12.0. The molecule has 1 aromatic rings. The predicted molar refractivity (Wildman–Crippen MR) is 61.0 cm³/mol. The summed E-state index contributed by atoms with van der Waals surface area (Å²) in [5, 5.41) is 2.73. The summed E-state index contributed by atoms with van der Waals surface area (Å²) in [7, 11) is 0. The maximum absolute atomic E-state index is 12.6. The second-order valence-corrected chi connectivity index (χ2v) is 4.07. The van der Waals surface area contributed by atoms with Crippen molar-refractivity contribution in [3.05, 3.63) is 24.3 Å². The van der Waals surface area contributed by atoms with Gasteiger partial charge in [-0.05, 0) is 25.0 Å². The molecule has 4 nitrogen and oxygen atoms in total. The van der Waals surface area contributed by atoms with Crippen molar-refractivity contribution in [1.29, 1.82) is 0 Å². The fourth-order valence-corrected chi connectivity index (χ4v) is 2.04. The summed E-state index contributed by atoms with van der Waals surface area (Å²) in [6.45, 7) is 2.62. The number of amides is 1. The minimum atomic E-state index is -0.557. The molecule has 17 heavy (non-hydrogen) atoms. The van der Waals surface area contributed by atoms with Gasteiger partial charge in [-0.25, -0.2) is 4.98 Å². The van der Waals surface area contributed by atoms with Gasteiger partial charge in [-0.3, -0.25) is 4.79 Å². The van der Waals surface area contributed by atoms with Crippen LogP contribution < -0.4 is 5.32 Å². The Morgan fingerprint density at radius 2 is 2.47 bits per heavy atom. The Kier molecular flexibility index (Phi) is 3.68. The van der Waals surface area contributed by atoms with Gasteiger partial charge in [0.15, 0.2) is 0 Å². The smallest absolute Gasteiger partial charge is 0.230 e. The van der Waals surface area contributed by atoms with Gasteiger partial charge in [0.2, 0.25) is 11.9 Å². The number of rotatable bonds is 3. The molecule has 1 fully saturated rings. The summed E-state index contributed by atoms with van der Waals surface area (Å²) in [6.07, 6.45) is 2.85. The first-order valence-electron chi connectivity index (χ1n) is 5.74. The Labute approximate surface area is 99.2 Å². The fourth-order valence-electron chi connectivity index (χ4n) is 2.04. The number of pyridine rings is 1. The van der Waals surface area contributed by atoms with Crippen molar-refractivity contribution >= 4 is 11.6 Å². The lowest BCUT2D eigenvalue weighted by Gasteiger charge is -2.16. The summed E-state index contributed by atoms with van der Waals surface area (Å²) in [4.78, 5) is 15.4. The Morgan fingerprint density at radius 3 is 3.12 bits per heavy atom. The van der Waals surface area contributed by atoms with Gasteiger partial charge in [0.05, 0.1) is 23.9 Å². The lowest BCUT2D eigenvalue weighted by atomic mass is 9.99. The number of nitrogens with zero attached hydrogens (tertiary/aromatic N) is 1. The lowest BCUT2D eigenvalue weighted by molar-refractivity contribution is -0.121. The van der Waals surface area contributed by atoms with E-state index in [0.717, 1.165) is 12.8 Å². The third-order valence-electron chi connectivity index (χ3n) is 2.94. The number of carbonyl (C=O) groups excluding carboxylic acids is 1. The number of hydrogen-bond acceptors (Lipinski definition) is 3. The highest BCUT2D eigenvalue weighted by atomic mass is 19.1. The number of anilines is 1. The van der Waals surface area contributed by atoms with Crippen LogP contribution in [-0.4, -0.2) is 23.6 Å². The molecule has 1 aromatic heterocycles. The summed E-state index contributed by atoms with van der Waals surface area (Å²) in [5.74, 6) is -0.758. The van der Waals surface area contributed by atoms with Crippen molar-refractivity contribution in [1.82, 2.24) is 4.98 Å². The Hall–Kier alpha value is -1.49. The average molecular weight is 238 g/mol. The molecular weight excluding hydrogens is 223 g/mol. The minimum Gasteiger partial charge on any atom is -0.377 e. The molecule has 1 aliphatic rings. The lowest BCUT2D eigenvalue weighted by Crippen LogP contribution is -2.29. The topological polar surface area (TPSA) is 51.2 Å². The van der Waals surface area contributed by atoms with Gasteiger partial charge in [-0.15, -0.1) is 0 Å². The molecule has 2 heterocycles. The molecule has 1 aliphatic heterocycles. The highest BCUT2D eigenvalue weighted by molar-refractivity contribution is 5.92. The molecule has 2 unspecified atom stereocenters. The molecule has 0 saturated carbocycles. The van der Waals surface area contributed by atoms with Crippen LogP contribution in [0, 0.1) is 11.9 Å². The van der Waals surface area contributed by atoms with E-state index >= 15 is 0 Å². The molecule has 2 rings (SSSR count). The number of aromatic nitrogens is 1. The van der Waals surface area contributed by atoms with Gasteiger partial charge in [0, 0.05) is 6.61 Å². The highest BCUT2D eigenvalue weighted by Crippen LogP contribution is 2.24. The van der Waals surface area contributed by atoms with Crippen molar-refractivity contribution in [2.45, 2.75) is 25.9 Å². The molecule has 1 N–H and O–H groups in total. The standard InChI is InChI=1S/C12H15FN2O2/c1-2-10-9(5-6-17-10)12(16)15-8-3-4-11(13)14-7-8/h3-4,7,9-10H,2,5-6H2,1H3,(H,15,16). The maximum atomic E-state index is 12.6. The maximum Gasteiger partial charge on any atom is 0.230 e. The fraction of sp³-hybridized carbons (Fsp3) is 0.500. The van der Waals surface area contributed by atoms with E-state index in [1.807, 2.05) is 6.92 Å². The largest absolute Gasteiger partial charge is 0.377 e. The van der Waals surface area contributed by atoms with E-state index in [0.29, 0.717) is 12.3 Å². The van der Waals surface area contributed by atoms with Crippen molar-refractivity contribution in [3.63, 3.8) is 0 Å². The molecule has 0 bridgehead atoms. The summed E-state index contributed by atoms with van der Waals surface area (Å²) in [6, 6.07) is 2.72. The first-order chi connectivity index (χ1) is 8.20. The van der Waals surface area contributed by atoms with E-state index in [1.54, 1.807) is 0 Å². The van der Waals surface area contributed by atoms with E-state index in [-0.39, 0.29) is 17.9 Å². The quantitative estimate of drug-likeness (QED) is 0.819. The molecule has 1 saturated heterocycles. The molecule has 0 radical (unpaired) electrons. The van der Waals surface area contributed by atoms with E-state index in [1.165, 1.54) is 18.3 Å². The molecule has 2 atom stereocenters. The third-order valence-corrected chi connectivity index (χ3v) is 2.94. The number of carbonyl (C=O) groups is 1. The summed E-state index contributed by atoms with van der Waals surface area (Å²) in [5.41, 5.74) is 0.512. The van der Waals surface area contributed by atoms with Gasteiger partial charge < -0.3 is 10.1 Å². The molecule has 5 heteroatoms.